The summed E-state index contributed by atoms with van der Waals surface area (Å²) in [6.45, 7) is 24.7. The van der Waals surface area contributed by atoms with E-state index in [0.29, 0.717) is 55.1 Å². The first-order valence-electron chi connectivity index (χ1n) is 21.7. The summed E-state index contributed by atoms with van der Waals surface area (Å²) < 4.78 is 30.8. The number of rotatable bonds is 11. The lowest BCUT2D eigenvalue weighted by Crippen LogP contribution is -2.69. The topological polar surface area (TPSA) is 133 Å². The summed E-state index contributed by atoms with van der Waals surface area (Å²) in [4.78, 5) is 26.9. The quantitative estimate of drug-likeness (QED) is 0.184. The van der Waals surface area contributed by atoms with Crippen LogP contribution in [0.3, 0.4) is 0 Å². The lowest BCUT2D eigenvalue weighted by molar-refractivity contribution is -0.247. The lowest BCUT2D eigenvalue weighted by atomic mass is 9.32. The average molecular weight is 777 g/mol. The molecule has 0 aromatic carbocycles. The van der Waals surface area contributed by atoms with Gasteiger partial charge in [0.25, 0.3) is 0 Å². The molecule has 6 fully saturated rings. The molecule has 5 aliphatic carbocycles. The first-order valence-corrected chi connectivity index (χ1v) is 23.5. The molecule has 1 heterocycles. The minimum atomic E-state index is -2.99. The maximum absolute atomic E-state index is 13.3. The molecule has 12 atom stereocenters. The molecule has 9 nitrogen and oxygen atoms in total. The number of aliphatic carboxylic acids is 1. The second-order valence-electron chi connectivity index (χ2n) is 21.9. The van der Waals surface area contributed by atoms with Gasteiger partial charge < -0.3 is 20.3 Å². The zero-order valence-corrected chi connectivity index (χ0v) is 36.3. The van der Waals surface area contributed by atoms with Gasteiger partial charge in [0, 0.05) is 36.6 Å². The number of ether oxygens (including phenoxy) is 1. The molecule has 0 radical (unpaired) electrons. The number of esters is 1. The van der Waals surface area contributed by atoms with Gasteiger partial charge in [-0.15, -0.1) is 0 Å². The highest BCUT2D eigenvalue weighted by Gasteiger charge is 2.71. The number of aliphatic hydroxyl groups excluding tert-OH is 1. The van der Waals surface area contributed by atoms with Gasteiger partial charge in [-0.1, -0.05) is 62.3 Å². The summed E-state index contributed by atoms with van der Waals surface area (Å²) in [6, 6.07) is -0.0978. The van der Waals surface area contributed by atoms with Crippen LogP contribution in [0.4, 0.5) is 0 Å². The van der Waals surface area contributed by atoms with Crippen molar-refractivity contribution in [2.24, 2.45) is 62.6 Å². The average Bonchev–Trinajstić information content (AvgIpc) is 3.42. The predicted octanol–water partition coefficient (Wildman–Crippen LogP) is 7.35. The van der Waals surface area contributed by atoms with Crippen LogP contribution in [-0.2, 0) is 24.2 Å². The van der Waals surface area contributed by atoms with Crippen molar-refractivity contribution in [1.29, 1.82) is 0 Å². The van der Waals surface area contributed by atoms with Crippen LogP contribution in [-0.4, -0.2) is 90.4 Å². The van der Waals surface area contributed by atoms with Crippen molar-refractivity contribution >= 4 is 21.8 Å². The Bertz CT molecular complexity index is 1510. The molecular weight excluding hydrogens is 701 g/mol. The number of carboxylic acids is 1. The van der Waals surface area contributed by atoms with E-state index in [9.17, 15) is 28.2 Å². The number of nitrogens with zero attached hydrogens (tertiary/aromatic N) is 1. The Hall–Kier alpha value is -1.23. The molecule has 6 rings (SSSR count). The van der Waals surface area contributed by atoms with Crippen molar-refractivity contribution in [3.8, 4) is 0 Å². The standard InChI is InChI=1S/C44H76N2O7S/c1-28(2)30-13-18-44(45-27-32(29(3)47)46-21-23-54(51,52)24-22-46)20-19-42(9)31(38(30)44)11-12-34-41(8)16-15-35(40(6,7)33(41)14-17-43(34,42)10)53-37(50)26-39(4,5)25-36(48)49/h28-35,38,45,47H,11-27H2,1-10H3,(H,48,49)/t29-,30-,31+,32-,33-,34+,35-,38+,41-,42+,43+,44-/m0/s1. The summed E-state index contributed by atoms with van der Waals surface area (Å²) in [5.41, 5.74) is -0.193. The van der Waals surface area contributed by atoms with E-state index in [0.717, 1.165) is 25.7 Å². The van der Waals surface area contributed by atoms with Gasteiger partial charge in [-0.2, -0.15) is 0 Å². The van der Waals surface area contributed by atoms with E-state index >= 15 is 0 Å². The summed E-state index contributed by atoms with van der Waals surface area (Å²) in [5, 5.41) is 24.6. The van der Waals surface area contributed by atoms with Crippen LogP contribution >= 0.6 is 0 Å². The number of carbonyl (C=O) groups excluding carboxylic acids is 1. The van der Waals surface area contributed by atoms with E-state index < -0.39 is 27.3 Å². The Balaban J connectivity index is 1.22. The van der Waals surface area contributed by atoms with Crippen molar-refractivity contribution in [3.05, 3.63) is 0 Å². The minimum Gasteiger partial charge on any atom is -0.481 e. The largest absolute Gasteiger partial charge is 0.481 e. The van der Waals surface area contributed by atoms with Crippen molar-refractivity contribution in [3.63, 3.8) is 0 Å². The maximum atomic E-state index is 13.3. The second kappa shape index (κ2) is 14.5. The number of carboxylic acid groups (broad SMARTS) is 1. The van der Waals surface area contributed by atoms with Crippen molar-refractivity contribution in [2.75, 3.05) is 31.1 Å². The van der Waals surface area contributed by atoms with Crippen molar-refractivity contribution < 1.29 is 33.0 Å². The Morgan fingerprint density at radius 2 is 1.52 bits per heavy atom. The summed E-state index contributed by atoms with van der Waals surface area (Å²) >= 11 is 0. The molecule has 5 saturated carbocycles. The molecule has 1 aliphatic heterocycles. The van der Waals surface area contributed by atoms with Crippen molar-refractivity contribution in [2.45, 2.75) is 170 Å². The molecule has 10 heteroatoms. The van der Waals surface area contributed by atoms with Gasteiger partial charge in [0.2, 0.25) is 0 Å². The van der Waals surface area contributed by atoms with Gasteiger partial charge in [-0.05, 0) is 128 Å². The van der Waals surface area contributed by atoms with Crippen LogP contribution in [0, 0.1) is 62.6 Å². The number of carbonyl (C=O) groups is 2. The monoisotopic (exact) mass is 777 g/mol. The summed E-state index contributed by atoms with van der Waals surface area (Å²) in [7, 11) is -2.99. The number of fused-ring (bicyclic) bond motifs is 7. The third kappa shape index (κ3) is 7.24. The fourth-order valence-corrected chi connectivity index (χ4v) is 16.1. The highest BCUT2D eigenvalue weighted by atomic mass is 32.2. The van der Waals surface area contributed by atoms with Gasteiger partial charge in [0.15, 0.2) is 9.84 Å². The van der Waals surface area contributed by atoms with E-state index in [-0.39, 0.29) is 69.7 Å². The number of nitrogens with one attached hydrogen (secondary N) is 1. The Labute approximate surface area is 327 Å². The van der Waals surface area contributed by atoms with Gasteiger partial charge in [0.1, 0.15) is 6.10 Å². The summed E-state index contributed by atoms with van der Waals surface area (Å²) in [5.74, 6) is 2.71. The van der Waals surface area contributed by atoms with E-state index in [1.807, 2.05) is 20.8 Å². The molecule has 0 bridgehead atoms. The molecule has 0 unspecified atom stereocenters. The molecular formula is C44H76N2O7S. The molecule has 6 aliphatic rings. The van der Waals surface area contributed by atoms with Gasteiger partial charge in [-0.3, -0.25) is 14.5 Å². The molecule has 0 spiro atoms. The van der Waals surface area contributed by atoms with E-state index in [1.54, 1.807) is 0 Å². The first kappa shape index (κ1) is 42.4. The van der Waals surface area contributed by atoms with Crippen LogP contribution in [0.1, 0.15) is 146 Å². The molecule has 0 aromatic rings. The minimum absolute atomic E-state index is 0.0430. The number of hydrogen-bond acceptors (Lipinski definition) is 8. The smallest absolute Gasteiger partial charge is 0.306 e. The molecule has 310 valence electrons. The SMILES string of the molecule is CC(C)[C@@H]1CC[C@]2(NC[C@@H]([C@H](C)O)N3CCS(=O)(=O)CC3)CC[C@]3(C)[C@H](CC[C@@H]4[C@@]5(C)CC[C@H](OC(=O)CC(C)(C)CC(=O)O)C(C)(C)[C@@H]5CC[C@]43C)[C@@H]12. The van der Waals surface area contributed by atoms with Crippen LogP contribution < -0.4 is 5.32 Å². The predicted molar refractivity (Wildman–Crippen MR) is 214 cm³/mol. The van der Waals surface area contributed by atoms with Crippen LogP contribution in [0.25, 0.3) is 0 Å². The van der Waals surface area contributed by atoms with Crippen LogP contribution in [0.5, 0.6) is 0 Å². The molecule has 1 saturated heterocycles. The molecule has 0 amide bonds. The van der Waals surface area contributed by atoms with E-state index in [4.69, 9.17) is 4.74 Å². The zero-order chi connectivity index (χ0) is 39.9. The highest BCUT2D eigenvalue weighted by Crippen LogP contribution is 2.76. The van der Waals surface area contributed by atoms with Crippen LogP contribution in [0.2, 0.25) is 0 Å². The number of sulfone groups is 1. The van der Waals surface area contributed by atoms with Gasteiger partial charge >= 0.3 is 11.9 Å². The third-order valence-corrected chi connectivity index (χ3v) is 19.5. The first-order chi connectivity index (χ1) is 24.9. The number of hydrogen-bond donors (Lipinski definition) is 3. The molecule has 54 heavy (non-hydrogen) atoms. The Kier molecular flexibility index (Phi) is 11.4. The van der Waals surface area contributed by atoms with Crippen molar-refractivity contribution in [1.82, 2.24) is 10.2 Å². The van der Waals surface area contributed by atoms with Crippen LogP contribution in [0.15, 0.2) is 0 Å². The number of aliphatic hydroxyl groups is 1. The fourth-order valence-electron chi connectivity index (χ4n) is 14.9. The fraction of sp³-hybridized carbons (Fsp3) is 0.955. The van der Waals surface area contributed by atoms with E-state index in [1.165, 1.54) is 38.5 Å². The van der Waals surface area contributed by atoms with E-state index in [2.05, 4.69) is 58.7 Å². The lowest BCUT2D eigenvalue weighted by Gasteiger charge is -2.73. The zero-order valence-electron chi connectivity index (χ0n) is 35.5. The van der Waals surface area contributed by atoms with Gasteiger partial charge in [-0.25, -0.2) is 8.42 Å². The molecule has 3 N–H and O–H groups in total. The second-order valence-corrected chi connectivity index (χ2v) is 24.2. The highest BCUT2D eigenvalue weighted by molar-refractivity contribution is 7.91. The Morgan fingerprint density at radius 3 is 2.13 bits per heavy atom. The maximum Gasteiger partial charge on any atom is 0.306 e. The summed E-state index contributed by atoms with van der Waals surface area (Å²) in [6.07, 6.45) is 10.9. The third-order valence-electron chi connectivity index (χ3n) is 17.9. The van der Waals surface area contributed by atoms with Gasteiger partial charge in [0.05, 0.1) is 30.5 Å². The molecule has 0 aromatic heterocycles. The normalized spacial score (nSPS) is 42.9. The Morgan fingerprint density at radius 1 is 0.852 bits per heavy atom.